The van der Waals surface area contributed by atoms with Gasteiger partial charge in [-0.1, -0.05) is 6.07 Å². The molecule has 3 nitrogen and oxygen atoms in total. The van der Waals surface area contributed by atoms with Gasteiger partial charge in [-0.25, -0.2) is 0 Å². The Kier molecular flexibility index (Phi) is 2.92. The molecule has 0 aromatic heterocycles. The monoisotopic (exact) mass is 191 g/mol. The lowest BCUT2D eigenvalue weighted by atomic mass is 10.0. The molecule has 0 spiro atoms. The SMILES string of the molecule is Cc1cc(C)c(/C=C/C(N)=O)c(O)c1. The van der Waals surface area contributed by atoms with Crippen LogP contribution in [0.15, 0.2) is 18.2 Å². The summed E-state index contributed by atoms with van der Waals surface area (Å²) in [5, 5.41) is 9.58. The van der Waals surface area contributed by atoms with Crippen molar-refractivity contribution in [2.24, 2.45) is 5.73 Å². The van der Waals surface area contributed by atoms with E-state index in [4.69, 9.17) is 5.73 Å². The molecule has 0 aliphatic heterocycles. The molecule has 0 aliphatic rings. The lowest BCUT2D eigenvalue weighted by Crippen LogP contribution is -2.05. The summed E-state index contributed by atoms with van der Waals surface area (Å²) in [4.78, 5) is 10.5. The Balaban J connectivity index is 3.15. The van der Waals surface area contributed by atoms with Gasteiger partial charge < -0.3 is 10.8 Å². The second kappa shape index (κ2) is 3.96. The standard InChI is InChI=1S/C11H13NO2/c1-7-5-8(2)9(10(13)6-7)3-4-11(12)14/h3-6,13H,1-2H3,(H2,12,14)/b4-3+. The zero-order valence-electron chi connectivity index (χ0n) is 8.24. The molecular formula is C11H13NO2. The van der Waals surface area contributed by atoms with Gasteiger partial charge in [0.2, 0.25) is 5.91 Å². The van der Waals surface area contributed by atoms with Gasteiger partial charge in [0.05, 0.1) is 0 Å². The maximum Gasteiger partial charge on any atom is 0.241 e. The van der Waals surface area contributed by atoms with Gasteiger partial charge in [-0.3, -0.25) is 4.79 Å². The van der Waals surface area contributed by atoms with Crippen LogP contribution in [0.1, 0.15) is 16.7 Å². The van der Waals surface area contributed by atoms with Crippen molar-refractivity contribution in [1.82, 2.24) is 0 Å². The molecule has 3 N–H and O–H groups in total. The van der Waals surface area contributed by atoms with Crippen molar-refractivity contribution in [1.29, 1.82) is 0 Å². The molecule has 1 amide bonds. The summed E-state index contributed by atoms with van der Waals surface area (Å²) in [6.07, 6.45) is 2.75. The highest BCUT2D eigenvalue weighted by molar-refractivity contribution is 5.90. The molecule has 14 heavy (non-hydrogen) atoms. The Morgan fingerprint density at radius 3 is 2.57 bits per heavy atom. The number of phenolic OH excluding ortho intramolecular Hbond substituents is 1. The highest BCUT2D eigenvalue weighted by atomic mass is 16.3. The van der Waals surface area contributed by atoms with Crippen LogP contribution in [0.5, 0.6) is 5.75 Å². The van der Waals surface area contributed by atoms with Gasteiger partial charge in [-0.15, -0.1) is 0 Å². The van der Waals surface area contributed by atoms with Crippen LogP contribution < -0.4 is 5.73 Å². The van der Waals surface area contributed by atoms with Crippen molar-refractivity contribution < 1.29 is 9.90 Å². The number of phenols is 1. The van der Waals surface area contributed by atoms with Crippen LogP contribution in [0.2, 0.25) is 0 Å². The van der Waals surface area contributed by atoms with Crippen LogP contribution in [0, 0.1) is 13.8 Å². The van der Waals surface area contributed by atoms with Crippen molar-refractivity contribution in [3.63, 3.8) is 0 Å². The largest absolute Gasteiger partial charge is 0.507 e. The Morgan fingerprint density at radius 1 is 1.43 bits per heavy atom. The topological polar surface area (TPSA) is 63.3 Å². The summed E-state index contributed by atoms with van der Waals surface area (Å²) in [6.45, 7) is 3.77. The average molecular weight is 191 g/mol. The first kappa shape index (κ1) is 10.3. The fourth-order valence-corrected chi connectivity index (χ4v) is 1.34. The van der Waals surface area contributed by atoms with E-state index >= 15 is 0 Å². The molecule has 1 rings (SSSR count). The number of hydrogen-bond donors (Lipinski definition) is 2. The number of hydrogen-bond acceptors (Lipinski definition) is 2. The summed E-state index contributed by atoms with van der Waals surface area (Å²) in [5.41, 5.74) is 7.50. The van der Waals surface area contributed by atoms with E-state index in [-0.39, 0.29) is 5.75 Å². The third kappa shape index (κ3) is 2.36. The van der Waals surface area contributed by atoms with E-state index < -0.39 is 5.91 Å². The lowest BCUT2D eigenvalue weighted by molar-refractivity contribution is -0.113. The number of nitrogens with two attached hydrogens (primary N) is 1. The molecule has 0 bridgehead atoms. The molecule has 0 heterocycles. The molecule has 0 radical (unpaired) electrons. The van der Waals surface area contributed by atoms with Crippen molar-refractivity contribution in [2.45, 2.75) is 13.8 Å². The number of primary amides is 1. The molecule has 1 aromatic carbocycles. The number of benzene rings is 1. The Bertz CT molecular complexity index is 371. The van der Waals surface area contributed by atoms with Gasteiger partial charge in [-0.05, 0) is 37.1 Å². The predicted molar refractivity (Wildman–Crippen MR) is 55.8 cm³/mol. The summed E-state index contributed by atoms with van der Waals surface area (Å²) in [7, 11) is 0. The second-order valence-electron chi connectivity index (χ2n) is 3.25. The number of amides is 1. The van der Waals surface area contributed by atoms with Crippen LogP contribution >= 0.6 is 0 Å². The second-order valence-corrected chi connectivity index (χ2v) is 3.25. The van der Waals surface area contributed by atoms with Gasteiger partial charge >= 0.3 is 0 Å². The van der Waals surface area contributed by atoms with E-state index in [1.807, 2.05) is 19.9 Å². The third-order valence-corrected chi connectivity index (χ3v) is 1.92. The van der Waals surface area contributed by atoms with Gasteiger partial charge in [0.1, 0.15) is 5.75 Å². The Hall–Kier alpha value is -1.77. The fourth-order valence-electron chi connectivity index (χ4n) is 1.34. The minimum absolute atomic E-state index is 0.167. The third-order valence-electron chi connectivity index (χ3n) is 1.92. The van der Waals surface area contributed by atoms with Crippen molar-refractivity contribution in [3.05, 3.63) is 34.9 Å². The molecule has 1 aromatic rings. The van der Waals surface area contributed by atoms with Crippen molar-refractivity contribution in [2.75, 3.05) is 0 Å². The van der Waals surface area contributed by atoms with E-state index in [0.29, 0.717) is 5.56 Å². The average Bonchev–Trinajstić information content (AvgIpc) is 2.01. The number of rotatable bonds is 2. The molecule has 0 unspecified atom stereocenters. The minimum Gasteiger partial charge on any atom is -0.507 e. The lowest BCUT2D eigenvalue weighted by Gasteiger charge is -2.04. The molecule has 0 saturated heterocycles. The Morgan fingerprint density at radius 2 is 2.07 bits per heavy atom. The molecule has 3 heteroatoms. The Labute approximate surface area is 82.9 Å². The molecule has 0 atom stereocenters. The summed E-state index contributed by atoms with van der Waals surface area (Å²) in [5.74, 6) is -0.357. The zero-order chi connectivity index (χ0) is 10.7. The quantitative estimate of drug-likeness (QED) is 0.696. The molecule has 0 fully saturated rings. The number of aryl methyl sites for hydroxylation is 2. The van der Waals surface area contributed by atoms with Crippen molar-refractivity contribution >= 4 is 12.0 Å². The highest BCUT2D eigenvalue weighted by Gasteiger charge is 2.02. The van der Waals surface area contributed by atoms with E-state index in [1.54, 1.807) is 6.07 Å². The van der Waals surface area contributed by atoms with Gasteiger partial charge in [0, 0.05) is 11.6 Å². The van der Waals surface area contributed by atoms with Crippen LogP contribution in [0.3, 0.4) is 0 Å². The van der Waals surface area contributed by atoms with Gasteiger partial charge in [0.15, 0.2) is 0 Å². The summed E-state index contributed by atoms with van der Waals surface area (Å²) < 4.78 is 0. The van der Waals surface area contributed by atoms with Crippen LogP contribution in [-0.2, 0) is 4.79 Å². The normalized spacial score (nSPS) is 10.7. The first-order chi connectivity index (χ1) is 6.50. The van der Waals surface area contributed by atoms with Gasteiger partial charge in [-0.2, -0.15) is 0 Å². The minimum atomic E-state index is -0.524. The summed E-state index contributed by atoms with van der Waals surface area (Å²) in [6, 6.07) is 3.58. The van der Waals surface area contributed by atoms with E-state index in [2.05, 4.69) is 0 Å². The molecule has 0 aliphatic carbocycles. The predicted octanol–water partition coefficient (Wildman–Crippen LogP) is 1.51. The van der Waals surface area contributed by atoms with E-state index in [9.17, 15) is 9.90 Å². The maximum absolute atomic E-state index is 10.5. The first-order valence-corrected chi connectivity index (χ1v) is 4.28. The van der Waals surface area contributed by atoms with Crippen LogP contribution in [-0.4, -0.2) is 11.0 Å². The van der Waals surface area contributed by atoms with Gasteiger partial charge in [0.25, 0.3) is 0 Å². The molecule has 74 valence electrons. The first-order valence-electron chi connectivity index (χ1n) is 4.28. The number of carbonyl (C=O) groups excluding carboxylic acids is 1. The highest BCUT2D eigenvalue weighted by Crippen LogP contribution is 2.23. The zero-order valence-corrected chi connectivity index (χ0v) is 8.24. The molecule has 0 saturated carbocycles. The van der Waals surface area contributed by atoms with Crippen LogP contribution in [0.4, 0.5) is 0 Å². The van der Waals surface area contributed by atoms with E-state index in [0.717, 1.165) is 11.1 Å². The van der Waals surface area contributed by atoms with E-state index in [1.165, 1.54) is 12.2 Å². The van der Waals surface area contributed by atoms with Crippen LogP contribution in [0.25, 0.3) is 6.08 Å². The fraction of sp³-hybridized carbons (Fsp3) is 0.182. The number of carbonyl (C=O) groups is 1. The smallest absolute Gasteiger partial charge is 0.241 e. The number of aromatic hydroxyl groups is 1. The maximum atomic E-state index is 10.5. The molecular weight excluding hydrogens is 178 g/mol. The summed E-state index contributed by atoms with van der Waals surface area (Å²) >= 11 is 0. The van der Waals surface area contributed by atoms with Crippen molar-refractivity contribution in [3.8, 4) is 5.75 Å².